The van der Waals surface area contributed by atoms with Crippen LogP contribution in [0.2, 0.25) is 0 Å². The molecule has 0 spiro atoms. The van der Waals surface area contributed by atoms with Crippen LogP contribution in [0.4, 0.5) is 14.5 Å². The molecule has 0 aliphatic heterocycles. The third-order valence-electron chi connectivity index (χ3n) is 8.41. The molecule has 2 aliphatic carbocycles. The molecule has 5 heteroatoms. The number of carbonyl (C=O) groups excluding carboxylic acids is 1. The second-order valence-electron chi connectivity index (χ2n) is 11.0. The molecule has 3 aromatic rings. The van der Waals surface area contributed by atoms with Crippen molar-refractivity contribution in [3.8, 4) is 0 Å². The number of aryl methyl sites for hydroxylation is 1. The monoisotopic (exact) mass is 505 g/mol. The minimum atomic E-state index is -3.23. The minimum Gasteiger partial charge on any atom is -0.387 e. The fourth-order valence-electron chi connectivity index (χ4n) is 6.08. The van der Waals surface area contributed by atoms with Gasteiger partial charge in [-0.25, -0.2) is 8.78 Å². The summed E-state index contributed by atoms with van der Waals surface area (Å²) in [6, 6.07) is 22.6. The summed E-state index contributed by atoms with van der Waals surface area (Å²) in [6.07, 6.45) is 6.16. The Morgan fingerprint density at radius 2 is 1.57 bits per heavy atom. The molecular formula is C32H37F2NO2. The normalized spacial score (nSPS) is 21.8. The number of nitrogens with zero attached hydrogens (tertiary/aromatic N) is 1. The van der Waals surface area contributed by atoms with E-state index < -0.39 is 24.4 Å². The Balaban J connectivity index is 1.33. The lowest BCUT2D eigenvalue weighted by Crippen LogP contribution is -2.46. The van der Waals surface area contributed by atoms with Gasteiger partial charge < -0.3 is 10.0 Å². The quantitative estimate of drug-likeness (QED) is 0.348. The predicted molar refractivity (Wildman–Crippen MR) is 145 cm³/mol. The first-order valence-electron chi connectivity index (χ1n) is 13.8. The Bertz CT molecular complexity index is 1200. The Morgan fingerprint density at radius 1 is 0.865 bits per heavy atom. The van der Waals surface area contributed by atoms with Crippen molar-refractivity contribution in [2.24, 2.45) is 11.8 Å². The lowest BCUT2D eigenvalue weighted by atomic mass is 9.83. The molecule has 2 saturated carbocycles. The molecule has 37 heavy (non-hydrogen) atoms. The molecule has 3 aromatic carbocycles. The first-order valence-corrected chi connectivity index (χ1v) is 13.8. The molecular weight excluding hydrogens is 468 g/mol. The number of hydrogen-bond donors (Lipinski definition) is 1. The topological polar surface area (TPSA) is 40.5 Å². The van der Waals surface area contributed by atoms with Crippen LogP contribution in [0, 0.1) is 11.8 Å². The van der Waals surface area contributed by atoms with E-state index >= 15 is 0 Å². The Morgan fingerprint density at radius 3 is 2.30 bits per heavy atom. The number of halogens is 2. The molecule has 2 atom stereocenters. The van der Waals surface area contributed by atoms with Crippen LogP contribution in [-0.2, 0) is 17.6 Å². The fraction of sp³-hybridized carbons (Fsp3) is 0.469. The molecule has 0 radical (unpaired) electrons. The summed E-state index contributed by atoms with van der Waals surface area (Å²) in [5.74, 6) is -3.47. The molecule has 1 amide bonds. The highest BCUT2D eigenvalue weighted by Crippen LogP contribution is 2.38. The van der Waals surface area contributed by atoms with Gasteiger partial charge in [-0.2, -0.15) is 0 Å². The zero-order valence-electron chi connectivity index (χ0n) is 21.4. The molecule has 0 saturated heterocycles. The number of carbonyl (C=O) groups is 1. The Labute approximate surface area is 218 Å². The van der Waals surface area contributed by atoms with Gasteiger partial charge in [-0.15, -0.1) is 0 Å². The fourth-order valence-corrected chi connectivity index (χ4v) is 6.08. The van der Waals surface area contributed by atoms with E-state index in [4.69, 9.17) is 0 Å². The van der Waals surface area contributed by atoms with Crippen LogP contribution in [0.1, 0.15) is 62.5 Å². The van der Waals surface area contributed by atoms with E-state index in [0.717, 1.165) is 34.4 Å². The zero-order valence-corrected chi connectivity index (χ0v) is 21.4. The molecule has 5 rings (SSSR count). The van der Waals surface area contributed by atoms with Gasteiger partial charge in [-0.3, -0.25) is 4.79 Å². The number of hydrogen-bond acceptors (Lipinski definition) is 2. The van der Waals surface area contributed by atoms with Crippen LogP contribution in [0.25, 0.3) is 10.8 Å². The molecule has 1 N–H and O–H groups in total. The van der Waals surface area contributed by atoms with Gasteiger partial charge >= 0.3 is 0 Å². The standard InChI is InChI=1S/C32H37F2NO2/c33-32(34)22-28(15-18-30(32)36)31(37)35(20-19-25-11-14-26-7-3-4-8-27(26)21-25)29-16-12-24(13-17-29)10-9-23-5-1-2-6-23/h3-4,7-8,11-14,16-17,21,23,28,30,36H,1-2,5-6,9-10,15,18-20,22H2/t28-,30+/m1/s1. The van der Waals surface area contributed by atoms with E-state index in [2.05, 4.69) is 42.5 Å². The van der Waals surface area contributed by atoms with Crippen LogP contribution >= 0.6 is 0 Å². The summed E-state index contributed by atoms with van der Waals surface area (Å²) in [4.78, 5) is 15.3. The summed E-state index contributed by atoms with van der Waals surface area (Å²) >= 11 is 0. The third kappa shape index (κ3) is 6.20. The van der Waals surface area contributed by atoms with Crippen molar-refractivity contribution in [1.29, 1.82) is 0 Å². The average Bonchev–Trinajstić information content (AvgIpc) is 3.43. The second-order valence-corrected chi connectivity index (χ2v) is 11.0. The molecule has 2 aliphatic rings. The van der Waals surface area contributed by atoms with Gasteiger partial charge in [-0.05, 0) is 72.1 Å². The van der Waals surface area contributed by atoms with Crippen molar-refractivity contribution in [3.05, 3.63) is 77.9 Å². The largest absolute Gasteiger partial charge is 0.387 e. The number of aliphatic hydroxyl groups excluding tert-OH is 1. The summed E-state index contributed by atoms with van der Waals surface area (Å²) in [5.41, 5.74) is 3.11. The Hall–Kier alpha value is -2.79. The number of amides is 1. The maximum Gasteiger partial charge on any atom is 0.274 e. The van der Waals surface area contributed by atoms with Crippen molar-refractivity contribution in [2.45, 2.75) is 76.2 Å². The van der Waals surface area contributed by atoms with Gasteiger partial charge in [0.05, 0.1) is 0 Å². The molecule has 196 valence electrons. The highest BCUT2D eigenvalue weighted by atomic mass is 19.3. The first kappa shape index (κ1) is 25.8. The molecule has 2 fully saturated rings. The van der Waals surface area contributed by atoms with E-state index in [1.165, 1.54) is 37.7 Å². The van der Waals surface area contributed by atoms with Gasteiger partial charge in [0, 0.05) is 24.6 Å². The minimum absolute atomic E-state index is 0.0535. The second kappa shape index (κ2) is 11.3. The SMILES string of the molecule is O=C([C@@H]1CC[C@H](O)C(F)(F)C1)N(CCc1ccc2ccccc2c1)c1ccc(CCC2CCCC2)cc1. The van der Waals surface area contributed by atoms with Crippen molar-refractivity contribution in [2.75, 3.05) is 11.4 Å². The van der Waals surface area contributed by atoms with Crippen LogP contribution in [-0.4, -0.2) is 29.6 Å². The van der Waals surface area contributed by atoms with Gasteiger partial charge in [-0.1, -0.05) is 80.3 Å². The smallest absolute Gasteiger partial charge is 0.274 e. The summed E-state index contributed by atoms with van der Waals surface area (Å²) in [6.45, 7) is 0.420. The van der Waals surface area contributed by atoms with Gasteiger partial charge in [0.15, 0.2) is 0 Å². The Kier molecular flexibility index (Phi) is 7.89. The van der Waals surface area contributed by atoms with Crippen LogP contribution in [0.15, 0.2) is 66.7 Å². The lowest BCUT2D eigenvalue weighted by molar-refractivity contribution is -0.154. The van der Waals surface area contributed by atoms with E-state index in [-0.39, 0.29) is 18.7 Å². The predicted octanol–water partition coefficient (Wildman–Crippen LogP) is 7.33. The number of aliphatic hydroxyl groups is 1. The van der Waals surface area contributed by atoms with E-state index in [9.17, 15) is 18.7 Å². The van der Waals surface area contributed by atoms with Crippen molar-refractivity contribution >= 4 is 22.4 Å². The molecule has 3 nitrogen and oxygen atoms in total. The number of anilines is 1. The maximum absolute atomic E-state index is 14.3. The maximum atomic E-state index is 14.3. The number of benzene rings is 3. The van der Waals surface area contributed by atoms with E-state index in [0.29, 0.717) is 13.0 Å². The van der Waals surface area contributed by atoms with E-state index in [1.54, 1.807) is 4.90 Å². The average molecular weight is 506 g/mol. The summed E-state index contributed by atoms with van der Waals surface area (Å²) in [7, 11) is 0. The van der Waals surface area contributed by atoms with Crippen molar-refractivity contribution < 1.29 is 18.7 Å². The third-order valence-corrected chi connectivity index (χ3v) is 8.41. The van der Waals surface area contributed by atoms with Gasteiger partial charge in [0.2, 0.25) is 5.91 Å². The lowest BCUT2D eigenvalue weighted by Gasteiger charge is -2.35. The van der Waals surface area contributed by atoms with Gasteiger partial charge in [0.25, 0.3) is 5.92 Å². The van der Waals surface area contributed by atoms with Crippen molar-refractivity contribution in [1.82, 2.24) is 0 Å². The zero-order chi connectivity index (χ0) is 25.8. The highest BCUT2D eigenvalue weighted by Gasteiger charge is 2.47. The van der Waals surface area contributed by atoms with Gasteiger partial charge in [0.1, 0.15) is 6.10 Å². The van der Waals surface area contributed by atoms with Crippen LogP contribution in [0.5, 0.6) is 0 Å². The molecule has 0 heterocycles. The highest BCUT2D eigenvalue weighted by molar-refractivity contribution is 5.95. The molecule has 0 unspecified atom stereocenters. The number of alkyl halides is 2. The van der Waals surface area contributed by atoms with Crippen LogP contribution < -0.4 is 4.90 Å². The number of fused-ring (bicyclic) bond motifs is 1. The summed E-state index contributed by atoms with van der Waals surface area (Å²) < 4.78 is 28.6. The van der Waals surface area contributed by atoms with E-state index in [1.807, 2.05) is 24.3 Å². The molecule has 0 aromatic heterocycles. The first-order chi connectivity index (χ1) is 17.9. The van der Waals surface area contributed by atoms with Crippen molar-refractivity contribution in [3.63, 3.8) is 0 Å². The summed E-state index contributed by atoms with van der Waals surface area (Å²) in [5, 5.41) is 12.0. The van der Waals surface area contributed by atoms with Crippen LogP contribution in [0.3, 0.4) is 0 Å². The number of rotatable bonds is 8. The molecule has 0 bridgehead atoms.